The summed E-state index contributed by atoms with van der Waals surface area (Å²) in [6, 6.07) is 6.63. The van der Waals surface area contributed by atoms with E-state index >= 15 is 0 Å². The zero-order chi connectivity index (χ0) is 36.1. The number of carbonyl (C=O) groups excluding carboxylic acids is 1. The van der Waals surface area contributed by atoms with Gasteiger partial charge >= 0.3 is 6.03 Å². The molecule has 0 radical (unpaired) electrons. The summed E-state index contributed by atoms with van der Waals surface area (Å²) in [5, 5.41) is 19.3. The van der Waals surface area contributed by atoms with Crippen molar-refractivity contribution in [3.05, 3.63) is 70.6 Å². The van der Waals surface area contributed by atoms with Gasteiger partial charge in [0.1, 0.15) is 34.7 Å². The Hall–Kier alpha value is -4.15. The second-order valence-corrected chi connectivity index (χ2v) is 14.4. The molecule has 1 saturated heterocycles. The molecule has 6 heterocycles. The Morgan fingerprint density at radius 3 is 2.26 bits per heavy atom. The number of rotatable bonds is 15. The summed E-state index contributed by atoms with van der Waals surface area (Å²) in [6.45, 7) is 5.95. The Morgan fingerprint density at radius 1 is 0.811 bits per heavy atom. The van der Waals surface area contributed by atoms with E-state index in [0.29, 0.717) is 33.4 Å². The van der Waals surface area contributed by atoms with Crippen LogP contribution in [0.4, 0.5) is 21.4 Å². The van der Waals surface area contributed by atoms with Gasteiger partial charge in [-0.15, -0.1) is 22.9 Å². The number of anilines is 3. The highest BCUT2D eigenvalue weighted by atomic mass is 35.5. The Bertz CT molecular complexity index is 2050. The molecule has 1 fully saturated rings. The zero-order valence-electron chi connectivity index (χ0n) is 28.5. The average Bonchev–Trinajstić information content (AvgIpc) is 3.96. The van der Waals surface area contributed by atoms with Crippen molar-refractivity contribution in [2.45, 2.75) is 65.5 Å². The molecule has 282 valence electrons. The largest absolute Gasteiger partial charge is 0.368 e. The minimum atomic E-state index is -0.363. The van der Waals surface area contributed by atoms with Gasteiger partial charge in [-0.1, -0.05) is 36.7 Å². The first kappa shape index (κ1) is 40.0. The normalized spacial score (nSPS) is 12.7. The highest BCUT2D eigenvalue weighted by Gasteiger charge is 2.14. The van der Waals surface area contributed by atoms with Gasteiger partial charge in [-0.25, -0.2) is 29.7 Å². The maximum Gasteiger partial charge on any atom is 0.325 e. The monoisotopic (exact) mass is 799 g/mol. The van der Waals surface area contributed by atoms with Crippen molar-refractivity contribution in [3.8, 4) is 0 Å². The standard InChI is InChI=1S/C25H30ClN9OS.C9H10Cl2N4.CH4/c26-18-6-5-7-19(14-18)32-24(36)33-25-28-15-20(37-25)8-9-27-23-22-21(29-17-30-23)16-31-35(22)13-4-3-12-34-10-1-2-11-34;10-3-1-2-4-15-8-7(5-14-15)12-6-13-9(8)11;/h5-7,14-17H,1-4,8-13H2,(H,27,29,30)(H2,28,32,33,36);5-6H,1-4H2;1H4. The third kappa shape index (κ3) is 11.4. The van der Waals surface area contributed by atoms with Gasteiger partial charge in [-0.05, 0) is 76.4 Å². The van der Waals surface area contributed by atoms with Crippen LogP contribution in [0.5, 0.6) is 0 Å². The molecule has 0 aliphatic carbocycles. The number of hydrogen-bond acceptors (Lipinski definition) is 11. The first-order chi connectivity index (χ1) is 25.5. The molecule has 3 N–H and O–H groups in total. The van der Waals surface area contributed by atoms with E-state index in [1.807, 2.05) is 9.36 Å². The number of urea groups is 1. The highest BCUT2D eigenvalue weighted by molar-refractivity contribution is 7.15. The number of carbonyl (C=O) groups is 1. The minimum absolute atomic E-state index is 0. The third-order valence-electron chi connectivity index (χ3n) is 8.38. The molecule has 1 aliphatic rings. The van der Waals surface area contributed by atoms with Crippen LogP contribution in [-0.2, 0) is 19.5 Å². The number of hydrogen-bond donors (Lipinski definition) is 3. The molecule has 14 nitrogen and oxygen atoms in total. The van der Waals surface area contributed by atoms with Gasteiger partial charge < -0.3 is 15.5 Å². The second-order valence-electron chi connectivity index (χ2n) is 12.1. The molecule has 0 unspecified atom stereocenters. The van der Waals surface area contributed by atoms with Gasteiger partial charge in [-0.3, -0.25) is 14.7 Å². The van der Waals surface area contributed by atoms with E-state index in [9.17, 15) is 4.79 Å². The van der Waals surface area contributed by atoms with E-state index in [2.05, 4.69) is 56.0 Å². The molecule has 5 aromatic heterocycles. The van der Waals surface area contributed by atoms with Crippen LogP contribution in [-0.4, -0.2) is 87.5 Å². The van der Waals surface area contributed by atoms with Crippen molar-refractivity contribution in [2.24, 2.45) is 0 Å². The maximum absolute atomic E-state index is 12.3. The molecule has 0 spiro atoms. The van der Waals surface area contributed by atoms with Gasteiger partial charge in [0.05, 0.1) is 12.4 Å². The summed E-state index contributed by atoms with van der Waals surface area (Å²) in [4.78, 5) is 37.0. The Labute approximate surface area is 327 Å². The molecule has 0 atom stereocenters. The number of nitrogens with zero attached hydrogens (tertiary/aromatic N) is 10. The number of aryl methyl sites for hydroxylation is 2. The predicted molar refractivity (Wildman–Crippen MR) is 216 cm³/mol. The Balaban J connectivity index is 0.000000283. The van der Waals surface area contributed by atoms with E-state index in [-0.39, 0.29) is 13.5 Å². The van der Waals surface area contributed by atoms with Crippen LogP contribution < -0.4 is 16.0 Å². The molecule has 2 amide bonds. The van der Waals surface area contributed by atoms with Crippen molar-refractivity contribution >= 4 is 90.9 Å². The number of benzene rings is 1. The number of aromatic nitrogens is 9. The van der Waals surface area contributed by atoms with Gasteiger partial charge in [0.15, 0.2) is 16.1 Å². The summed E-state index contributed by atoms with van der Waals surface area (Å²) in [5.41, 5.74) is 3.97. The summed E-state index contributed by atoms with van der Waals surface area (Å²) in [6.07, 6.45) is 15.9. The SMILES string of the molecule is C.ClCCCCn1ncc2ncnc(Cl)c21.O=C(Nc1cccc(Cl)c1)Nc1ncc(CCNc2ncnc3cnn(CCCCN4CCCC4)c23)s1. The van der Waals surface area contributed by atoms with E-state index in [0.717, 1.165) is 84.5 Å². The molecule has 18 heteroatoms. The number of nitrogens with one attached hydrogen (secondary N) is 3. The number of halogens is 3. The first-order valence-electron chi connectivity index (χ1n) is 17.3. The number of fused-ring (bicyclic) bond motifs is 2. The summed E-state index contributed by atoms with van der Waals surface area (Å²) in [7, 11) is 0. The smallest absolute Gasteiger partial charge is 0.325 e. The quantitative estimate of drug-likeness (QED) is 0.0525. The van der Waals surface area contributed by atoms with Gasteiger partial charge in [0, 0.05) is 53.7 Å². The predicted octanol–water partition coefficient (Wildman–Crippen LogP) is 8.25. The number of thiazole rings is 1. The van der Waals surface area contributed by atoms with Crippen LogP contribution in [0.3, 0.4) is 0 Å². The lowest BCUT2D eigenvalue weighted by Gasteiger charge is -2.14. The molecule has 1 aliphatic heterocycles. The van der Waals surface area contributed by atoms with Crippen molar-refractivity contribution in [1.82, 2.24) is 49.4 Å². The first-order valence-corrected chi connectivity index (χ1v) is 19.4. The molecule has 6 aromatic rings. The van der Waals surface area contributed by atoms with E-state index < -0.39 is 0 Å². The lowest BCUT2D eigenvalue weighted by Crippen LogP contribution is -2.20. The summed E-state index contributed by atoms with van der Waals surface area (Å²) >= 11 is 19.0. The van der Waals surface area contributed by atoms with Crippen LogP contribution in [0, 0.1) is 0 Å². The van der Waals surface area contributed by atoms with E-state index in [4.69, 9.17) is 34.8 Å². The lowest BCUT2D eigenvalue weighted by atomic mass is 10.3. The average molecular weight is 801 g/mol. The molecular formula is C35H44Cl3N13OS. The zero-order valence-corrected chi connectivity index (χ0v) is 31.6. The molecular weight excluding hydrogens is 757 g/mol. The van der Waals surface area contributed by atoms with Gasteiger partial charge in [-0.2, -0.15) is 10.2 Å². The Morgan fingerprint density at radius 2 is 1.51 bits per heavy atom. The van der Waals surface area contributed by atoms with Crippen LogP contribution in [0.2, 0.25) is 10.2 Å². The van der Waals surface area contributed by atoms with Crippen LogP contribution >= 0.6 is 46.1 Å². The Kier molecular flexibility index (Phi) is 15.4. The topological polar surface area (TPSA) is 156 Å². The fourth-order valence-corrected chi connectivity index (χ4v) is 7.27. The van der Waals surface area contributed by atoms with Crippen LogP contribution in [0.25, 0.3) is 22.1 Å². The molecule has 0 saturated carbocycles. The van der Waals surface area contributed by atoms with Crippen LogP contribution in [0.15, 0.2) is 55.5 Å². The van der Waals surface area contributed by atoms with Gasteiger partial charge in [0.2, 0.25) is 0 Å². The fourth-order valence-electron chi connectivity index (χ4n) is 5.85. The third-order valence-corrected chi connectivity index (χ3v) is 10.1. The number of amides is 2. The molecule has 0 bridgehead atoms. The van der Waals surface area contributed by atoms with Crippen LogP contribution in [0.1, 0.15) is 50.8 Å². The van der Waals surface area contributed by atoms with Crippen molar-refractivity contribution in [3.63, 3.8) is 0 Å². The number of unbranched alkanes of at least 4 members (excludes halogenated alkanes) is 2. The van der Waals surface area contributed by atoms with Crippen molar-refractivity contribution in [1.29, 1.82) is 0 Å². The molecule has 1 aromatic carbocycles. The molecule has 53 heavy (non-hydrogen) atoms. The molecule has 7 rings (SSSR count). The van der Waals surface area contributed by atoms with E-state index in [1.165, 1.54) is 43.6 Å². The highest BCUT2D eigenvalue weighted by Crippen LogP contribution is 2.23. The fraction of sp³-hybridized carbons (Fsp3) is 0.429. The van der Waals surface area contributed by atoms with Crippen molar-refractivity contribution in [2.75, 3.05) is 48.0 Å². The summed E-state index contributed by atoms with van der Waals surface area (Å²) in [5.74, 6) is 1.45. The van der Waals surface area contributed by atoms with Gasteiger partial charge in [0.25, 0.3) is 0 Å². The van der Waals surface area contributed by atoms with Crippen molar-refractivity contribution < 1.29 is 4.79 Å². The minimum Gasteiger partial charge on any atom is -0.368 e. The lowest BCUT2D eigenvalue weighted by molar-refractivity contribution is 0.262. The van der Waals surface area contributed by atoms with E-state index in [1.54, 1.807) is 49.2 Å². The summed E-state index contributed by atoms with van der Waals surface area (Å²) < 4.78 is 3.83. The number of likely N-dealkylation sites (tertiary alicyclic amines) is 1. The second kappa shape index (κ2) is 20.3. The number of alkyl halides is 1. The maximum atomic E-state index is 12.3.